The molecule has 154 valence electrons. The largest absolute Gasteiger partial charge is 0.492 e. The van der Waals surface area contributed by atoms with E-state index in [0.717, 1.165) is 6.26 Å². The molecule has 0 bridgehead atoms. The van der Waals surface area contributed by atoms with Crippen molar-refractivity contribution < 1.29 is 17.9 Å². The second-order valence-corrected chi connectivity index (χ2v) is 8.84. The van der Waals surface area contributed by atoms with Gasteiger partial charge in [0, 0.05) is 18.5 Å². The van der Waals surface area contributed by atoms with Crippen LogP contribution in [0.3, 0.4) is 0 Å². The number of hydrogen-bond donors (Lipinski definition) is 2. The third kappa shape index (κ3) is 6.25. The summed E-state index contributed by atoms with van der Waals surface area (Å²) in [6.45, 7) is 0.503. The minimum absolute atomic E-state index is 0.0867. The fourth-order valence-electron chi connectivity index (χ4n) is 2.61. The van der Waals surface area contributed by atoms with Crippen LogP contribution in [0.25, 0.3) is 5.65 Å². The van der Waals surface area contributed by atoms with Crippen molar-refractivity contribution in [3.63, 3.8) is 0 Å². The van der Waals surface area contributed by atoms with Crippen LogP contribution in [0.2, 0.25) is 10.0 Å². The zero-order chi connectivity index (χ0) is 21.0. The van der Waals surface area contributed by atoms with Gasteiger partial charge in [0.2, 0.25) is 15.9 Å². The van der Waals surface area contributed by atoms with Gasteiger partial charge < -0.3 is 14.5 Å². The Morgan fingerprint density at radius 1 is 1.24 bits per heavy atom. The first kappa shape index (κ1) is 21.2. The van der Waals surface area contributed by atoms with E-state index in [9.17, 15) is 13.2 Å². The molecule has 1 amide bonds. The maximum absolute atomic E-state index is 12.1. The first-order valence-corrected chi connectivity index (χ1v) is 11.1. The third-order valence-electron chi connectivity index (χ3n) is 3.69. The molecule has 2 heterocycles. The number of benzene rings is 1. The second kappa shape index (κ2) is 8.89. The molecule has 0 radical (unpaired) electrons. The number of carbonyl (C=O) groups excluding carboxylic acids is 1. The number of ether oxygens (including phenoxy) is 1. The van der Waals surface area contributed by atoms with E-state index in [-0.39, 0.29) is 25.5 Å². The highest BCUT2D eigenvalue weighted by Crippen LogP contribution is 2.22. The summed E-state index contributed by atoms with van der Waals surface area (Å²) in [6, 6.07) is 8.13. The summed E-state index contributed by atoms with van der Waals surface area (Å²) in [7, 11) is -3.36. The lowest BCUT2D eigenvalue weighted by atomic mass is 10.3. The Balaban J connectivity index is 1.48. The van der Waals surface area contributed by atoms with Crippen LogP contribution in [0.5, 0.6) is 5.75 Å². The van der Waals surface area contributed by atoms with E-state index in [1.807, 2.05) is 0 Å². The fourth-order valence-corrected chi connectivity index (χ4v) is 3.69. The zero-order valence-corrected chi connectivity index (χ0v) is 17.7. The first-order valence-electron chi connectivity index (χ1n) is 8.49. The average molecular weight is 457 g/mol. The van der Waals surface area contributed by atoms with Crippen molar-refractivity contribution >= 4 is 50.5 Å². The molecule has 3 rings (SSSR count). The van der Waals surface area contributed by atoms with E-state index in [4.69, 9.17) is 27.9 Å². The molecular formula is C18H18Cl2N4O4S. The Kier molecular flexibility index (Phi) is 6.51. The van der Waals surface area contributed by atoms with Gasteiger partial charge in [-0.1, -0.05) is 29.3 Å². The van der Waals surface area contributed by atoms with Gasteiger partial charge in [0.15, 0.2) is 5.65 Å². The zero-order valence-electron chi connectivity index (χ0n) is 15.4. The highest BCUT2D eigenvalue weighted by Gasteiger charge is 2.10. The highest BCUT2D eigenvalue weighted by molar-refractivity contribution is 7.92. The fraction of sp³-hybridized carbons (Fsp3) is 0.222. The maximum Gasteiger partial charge on any atom is 0.229 e. The molecule has 0 fully saturated rings. The standard InChI is InChI=1S/C18H18Cl2N4O4S/c1-29(26,27)23-13-3-2-4-15(8-13)28-6-5-21-17(25)9-14-11-24-10-12(19)7-16(20)18(24)22-14/h2-4,7-8,10-11,23H,5-6,9H2,1H3,(H,21,25). The number of pyridine rings is 1. The van der Waals surface area contributed by atoms with Crippen LogP contribution in [-0.2, 0) is 21.2 Å². The molecule has 3 aromatic rings. The van der Waals surface area contributed by atoms with Gasteiger partial charge in [0.25, 0.3) is 0 Å². The van der Waals surface area contributed by atoms with E-state index in [2.05, 4.69) is 15.0 Å². The maximum atomic E-state index is 12.1. The number of anilines is 1. The quantitative estimate of drug-likeness (QED) is 0.507. The molecular weight excluding hydrogens is 439 g/mol. The normalized spacial score (nSPS) is 11.4. The summed E-state index contributed by atoms with van der Waals surface area (Å²) in [5.74, 6) is 0.270. The highest BCUT2D eigenvalue weighted by atomic mass is 35.5. The van der Waals surface area contributed by atoms with Crippen molar-refractivity contribution in [2.75, 3.05) is 24.1 Å². The average Bonchev–Trinajstić information content (AvgIpc) is 3.00. The number of nitrogens with zero attached hydrogens (tertiary/aromatic N) is 2. The Morgan fingerprint density at radius 3 is 2.79 bits per heavy atom. The lowest BCUT2D eigenvalue weighted by Gasteiger charge is -2.09. The molecule has 0 saturated carbocycles. The van der Waals surface area contributed by atoms with Crippen LogP contribution in [0.4, 0.5) is 5.69 Å². The van der Waals surface area contributed by atoms with Crippen molar-refractivity contribution in [2.45, 2.75) is 6.42 Å². The minimum atomic E-state index is -3.36. The molecule has 8 nitrogen and oxygen atoms in total. The number of aromatic nitrogens is 2. The van der Waals surface area contributed by atoms with Gasteiger partial charge >= 0.3 is 0 Å². The van der Waals surface area contributed by atoms with Crippen molar-refractivity contribution in [3.05, 3.63) is 58.5 Å². The van der Waals surface area contributed by atoms with Crippen LogP contribution in [0.1, 0.15) is 5.69 Å². The predicted octanol–water partition coefficient (Wildman–Crippen LogP) is 2.75. The van der Waals surface area contributed by atoms with Gasteiger partial charge in [0.05, 0.1) is 40.6 Å². The monoisotopic (exact) mass is 456 g/mol. The number of rotatable bonds is 8. The predicted molar refractivity (Wildman–Crippen MR) is 112 cm³/mol. The smallest absolute Gasteiger partial charge is 0.229 e. The van der Waals surface area contributed by atoms with E-state index in [1.165, 1.54) is 0 Å². The van der Waals surface area contributed by atoms with Crippen molar-refractivity contribution in [3.8, 4) is 5.75 Å². The van der Waals surface area contributed by atoms with Gasteiger partial charge in [-0.05, 0) is 18.2 Å². The van der Waals surface area contributed by atoms with Gasteiger partial charge in [-0.2, -0.15) is 0 Å². The van der Waals surface area contributed by atoms with Crippen LogP contribution >= 0.6 is 23.2 Å². The molecule has 29 heavy (non-hydrogen) atoms. The van der Waals surface area contributed by atoms with Crippen molar-refractivity contribution in [1.82, 2.24) is 14.7 Å². The number of imidazole rings is 1. The number of halogens is 2. The Hall–Kier alpha value is -2.49. The summed E-state index contributed by atoms with van der Waals surface area (Å²) in [5.41, 5.74) is 1.50. The molecule has 1 aromatic carbocycles. The lowest BCUT2D eigenvalue weighted by molar-refractivity contribution is -0.120. The molecule has 0 atom stereocenters. The van der Waals surface area contributed by atoms with Gasteiger partial charge in [-0.3, -0.25) is 9.52 Å². The Labute approximate surface area is 177 Å². The van der Waals surface area contributed by atoms with Crippen LogP contribution < -0.4 is 14.8 Å². The summed E-state index contributed by atoms with van der Waals surface area (Å²) in [4.78, 5) is 16.4. The number of nitrogens with one attached hydrogen (secondary N) is 2. The third-order valence-corrected chi connectivity index (χ3v) is 4.79. The Bertz CT molecular complexity index is 1150. The van der Waals surface area contributed by atoms with E-state index >= 15 is 0 Å². The first-order chi connectivity index (χ1) is 13.7. The lowest BCUT2D eigenvalue weighted by Crippen LogP contribution is -2.29. The number of amides is 1. The van der Waals surface area contributed by atoms with Crippen LogP contribution in [0, 0.1) is 0 Å². The molecule has 0 saturated heterocycles. The molecule has 0 aliphatic heterocycles. The van der Waals surface area contributed by atoms with E-state index in [1.54, 1.807) is 47.1 Å². The summed E-state index contributed by atoms with van der Waals surface area (Å²) in [5, 5.41) is 3.62. The van der Waals surface area contributed by atoms with Crippen molar-refractivity contribution in [2.24, 2.45) is 0 Å². The minimum Gasteiger partial charge on any atom is -0.492 e. The SMILES string of the molecule is CS(=O)(=O)Nc1cccc(OCCNC(=O)Cc2cn3cc(Cl)cc(Cl)c3n2)c1. The summed E-state index contributed by atoms with van der Waals surface area (Å²) < 4.78 is 32.1. The van der Waals surface area contributed by atoms with Gasteiger partial charge in [0.1, 0.15) is 12.4 Å². The van der Waals surface area contributed by atoms with E-state index < -0.39 is 10.0 Å². The number of carbonyl (C=O) groups is 1. The molecule has 0 aliphatic rings. The number of fused-ring (bicyclic) bond motifs is 1. The molecule has 2 aromatic heterocycles. The van der Waals surface area contributed by atoms with Crippen LogP contribution in [0.15, 0.2) is 42.7 Å². The topological polar surface area (TPSA) is 102 Å². The second-order valence-electron chi connectivity index (χ2n) is 6.25. The molecule has 0 spiro atoms. The van der Waals surface area contributed by atoms with Crippen molar-refractivity contribution in [1.29, 1.82) is 0 Å². The molecule has 2 N–H and O–H groups in total. The molecule has 0 aliphatic carbocycles. The summed E-state index contributed by atoms with van der Waals surface area (Å²) in [6.07, 6.45) is 4.52. The molecule has 11 heteroatoms. The van der Waals surface area contributed by atoms with Gasteiger partial charge in [-0.15, -0.1) is 0 Å². The van der Waals surface area contributed by atoms with E-state index in [0.29, 0.717) is 32.8 Å². The van der Waals surface area contributed by atoms with Crippen LogP contribution in [-0.4, -0.2) is 43.1 Å². The number of sulfonamides is 1. The molecule has 0 unspecified atom stereocenters. The Morgan fingerprint density at radius 2 is 2.03 bits per heavy atom. The summed E-state index contributed by atoms with van der Waals surface area (Å²) >= 11 is 12.1. The van der Waals surface area contributed by atoms with Gasteiger partial charge in [-0.25, -0.2) is 13.4 Å². The number of hydrogen-bond acceptors (Lipinski definition) is 5.